The third-order valence-electron chi connectivity index (χ3n) is 9.82. The molecule has 3 heterocycles. The number of carbonyl (C=O) groups is 4. The number of aryl methyl sites for hydroxylation is 1. The first-order valence-corrected chi connectivity index (χ1v) is 18.5. The molecule has 54 heavy (non-hydrogen) atoms. The van der Waals surface area contributed by atoms with Crippen molar-refractivity contribution in [3.05, 3.63) is 100 Å². The van der Waals surface area contributed by atoms with Crippen LogP contribution in [0.25, 0.3) is 21.8 Å². The summed E-state index contributed by atoms with van der Waals surface area (Å²) in [7, 11) is 3.17. The predicted octanol–water partition coefficient (Wildman–Crippen LogP) is 3.03. The number of carbonyl (C=O) groups excluding carboxylic acids is 4. The molecule has 0 bridgehead atoms. The standard InChI is InChI=1S/C38H38FN7O7S/c1-40-33(48)13-10-28(21-47)46-30-12-8-24(15-31(30)43(2)38(46)51)26-17-44(18-26)19-34(49)41-27-9-11-29-25(14-27)16-32(53-22-23-6-4-3-5-7-23)37(36(29)39)45-20-35(50)42-54(45)52/h3-9,11-12,14-16,21,26,28H,10,13,17-20,22H2,1-2H3,(H,40,48)(H,41,49)(H,42,50). The van der Waals surface area contributed by atoms with E-state index in [9.17, 15) is 28.2 Å². The molecule has 2 saturated heterocycles. The van der Waals surface area contributed by atoms with Gasteiger partial charge in [0.1, 0.15) is 30.9 Å². The molecule has 14 nitrogen and oxygen atoms in total. The normalized spacial score (nSPS) is 16.6. The summed E-state index contributed by atoms with van der Waals surface area (Å²) >= 11 is -1.98. The lowest BCUT2D eigenvalue weighted by Gasteiger charge is -2.39. The molecule has 1 aromatic heterocycles. The molecule has 2 aliphatic rings. The number of nitrogens with zero attached hydrogens (tertiary/aromatic N) is 4. The Balaban J connectivity index is 1.03. The Hall–Kier alpha value is -5.87. The molecule has 2 fully saturated rings. The minimum absolute atomic E-state index is 0.0961. The predicted molar refractivity (Wildman–Crippen MR) is 202 cm³/mol. The van der Waals surface area contributed by atoms with E-state index < -0.39 is 28.9 Å². The molecule has 4 aromatic carbocycles. The number of imidazole rings is 1. The van der Waals surface area contributed by atoms with Gasteiger partial charge in [-0.3, -0.25) is 37.4 Å². The highest BCUT2D eigenvalue weighted by atomic mass is 32.2. The number of benzene rings is 4. The second-order valence-corrected chi connectivity index (χ2v) is 14.5. The van der Waals surface area contributed by atoms with Crippen molar-refractivity contribution < 1.29 is 32.5 Å². The fraction of sp³-hybridized carbons (Fsp3) is 0.289. The van der Waals surface area contributed by atoms with Crippen LogP contribution in [0, 0.1) is 5.82 Å². The highest BCUT2D eigenvalue weighted by Gasteiger charge is 2.33. The molecule has 2 aliphatic heterocycles. The van der Waals surface area contributed by atoms with Gasteiger partial charge in [0, 0.05) is 50.6 Å². The summed E-state index contributed by atoms with van der Waals surface area (Å²) in [4.78, 5) is 63.9. The van der Waals surface area contributed by atoms with Crippen molar-refractivity contribution in [2.24, 2.45) is 7.05 Å². The highest BCUT2D eigenvalue weighted by Crippen LogP contribution is 2.40. The number of halogens is 1. The summed E-state index contributed by atoms with van der Waals surface area (Å²) in [6, 6.07) is 20.5. The van der Waals surface area contributed by atoms with Crippen LogP contribution >= 0.6 is 0 Å². The lowest BCUT2D eigenvalue weighted by molar-refractivity contribution is -0.121. The average molecular weight is 756 g/mol. The van der Waals surface area contributed by atoms with Crippen LogP contribution in [0.4, 0.5) is 15.8 Å². The van der Waals surface area contributed by atoms with Gasteiger partial charge in [0.25, 0.3) is 5.91 Å². The number of aromatic nitrogens is 2. The molecule has 16 heteroatoms. The van der Waals surface area contributed by atoms with Crippen LogP contribution in [-0.4, -0.2) is 75.5 Å². The Bertz CT molecular complexity index is 2380. The quantitative estimate of drug-likeness (QED) is 0.155. The highest BCUT2D eigenvalue weighted by molar-refractivity contribution is 7.85. The van der Waals surface area contributed by atoms with Crippen LogP contribution in [0.1, 0.15) is 35.9 Å². The van der Waals surface area contributed by atoms with E-state index in [2.05, 4.69) is 15.4 Å². The molecule has 5 aromatic rings. The van der Waals surface area contributed by atoms with Gasteiger partial charge in [0.05, 0.1) is 23.6 Å². The molecule has 2 unspecified atom stereocenters. The van der Waals surface area contributed by atoms with Crippen molar-refractivity contribution in [3.8, 4) is 5.75 Å². The number of amides is 3. The largest absolute Gasteiger partial charge is 0.487 e. The van der Waals surface area contributed by atoms with Crippen molar-refractivity contribution in [3.63, 3.8) is 0 Å². The van der Waals surface area contributed by atoms with Gasteiger partial charge in [-0.15, -0.1) is 0 Å². The van der Waals surface area contributed by atoms with Gasteiger partial charge >= 0.3 is 5.69 Å². The Morgan fingerprint density at radius 1 is 1.04 bits per heavy atom. The second kappa shape index (κ2) is 15.2. The molecule has 280 valence electrons. The fourth-order valence-electron chi connectivity index (χ4n) is 6.95. The number of likely N-dealkylation sites (tertiary alicyclic amines) is 1. The molecule has 7 rings (SSSR count). The molecular weight excluding hydrogens is 718 g/mol. The van der Waals surface area contributed by atoms with E-state index in [0.29, 0.717) is 41.5 Å². The fourth-order valence-corrected chi connectivity index (χ4v) is 7.89. The van der Waals surface area contributed by atoms with E-state index >= 15 is 4.39 Å². The van der Waals surface area contributed by atoms with Gasteiger partial charge in [0.2, 0.25) is 23.0 Å². The van der Waals surface area contributed by atoms with Crippen LogP contribution < -0.4 is 30.1 Å². The number of nitrogens with one attached hydrogen (secondary N) is 3. The molecule has 3 amide bonds. The molecule has 0 aliphatic carbocycles. The minimum Gasteiger partial charge on any atom is -0.487 e. The first kappa shape index (κ1) is 36.5. The summed E-state index contributed by atoms with van der Waals surface area (Å²) in [6.45, 7) is 1.15. The van der Waals surface area contributed by atoms with Crippen molar-refractivity contribution in [2.45, 2.75) is 31.4 Å². The van der Waals surface area contributed by atoms with E-state index in [1.807, 2.05) is 53.4 Å². The topological polar surface area (TPSA) is 164 Å². The van der Waals surface area contributed by atoms with Gasteiger partial charge in [-0.1, -0.05) is 36.4 Å². The lowest BCUT2D eigenvalue weighted by atomic mass is 9.91. The maximum Gasteiger partial charge on any atom is 0.329 e. The number of hydrogen-bond acceptors (Lipinski definition) is 8. The SMILES string of the molecule is CNC(=O)CCC(C=O)n1c(=O)n(C)c2cc(C3CN(CC(=O)Nc4ccc5c(F)c(N6CC(=O)NS6=O)c(OCc6ccccc6)cc5c4)C3)ccc21. The molecule has 0 radical (unpaired) electrons. The Morgan fingerprint density at radius 2 is 1.81 bits per heavy atom. The smallest absolute Gasteiger partial charge is 0.329 e. The molecule has 2 atom stereocenters. The van der Waals surface area contributed by atoms with Crippen LogP contribution in [0.5, 0.6) is 5.75 Å². The summed E-state index contributed by atoms with van der Waals surface area (Å²) in [5.74, 6) is -1.45. The van der Waals surface area contributed by atoms with Gasteiger partial charge < -0.3 is 20.2 Å². The molecule has 3 N–H and O–H groups in total. The number of ether oxygens (including phenoxy) is 1. The average Bonchev–Trinajstić information content (AvgIpc) is 3.61. The Kier molecular flexibility index (Phi) is 10.3. The third-order valence-corrected chi connectivity index (χ3v) is 10.9. The number of aldehydes is 1. The van der Waals surface area contributed by atoms with Crippen LogP contribution in [0.15, 0.2) is 77.6 Å². The second-order valence-electron chi connectivity index (χ2n) is 13.4. The van der Waals surface area contributed by atoms with Crippen LogP contribution in [-0.2, 0) is 44.0 Å². The van der Waals surface area contributed by atoms with Gasteiger partial charge in [0.15, 0.2) is 5.82 Å². The van der Waals surface area contributed by atoms with E-state index in [0.717, 1.165) is 15.4 Å². The summed E-state index contributed by atoms with van der Waals surface area (Å²) in [5, 5.41) is 6.06. The van der Waals surface area contributed by atoms with E-state index in [1.165, 1.54) is 22.2 Å². The molecule has 0 spiro atoms. The maximum absolute atomic E-state index is 16.1. The Labute approximate surface area is 311 Å². The maximum atomic E-state index is 16.1. The summed E-state index contributed by atoms with van der Waals surface area (Å²) in [6.07, 6.45) is 1.01. The summed E-state index contributed by atoms with van der Waals surface area (Å²) < 4.78 is 41.1. The van der Waals surface area contributed by atoms with Crippen LogP contribution in [0.2, 0.25) is 0 Å². The van der Waals surface area contributed by atoms with E-state index in [1.54, 1.807) is 25.2 Å². The zero-order chi connectivity index (χ0) is 38.1. The van der Waals surface area contributed by atoms with Crippen molar-refractivity contribution >= 4 is 68.4 Å². The van der Waals surface area contributed by atoms with Crippen molar-refractivity contribution in [1.29, 1.82) is 0 Å². The number of hydrogen-bond donors (Lipinski definition) is 3. The first-order chi connectivity index (χ1) is 26.0. The van der Waals surface area contributed by atoms with Gasteiger partial charge in [-0.25, -0.2) is 13.4 Å². The van der Waals surface area contributed by atoms with Gasteiger partial charge in [-0.2, -0.15) is 0 Å². The lowest BCUT2D eigenvalue weighted by Crippen LogP contribution is -2.48. The van der Waals surface area contributed by atoms with E-state index in [4.69, 9.17) is 4.74 Å². The van der Waals surface area contributed by atoms with Crippen molar-refractivity contribution in [1.82, 2.24) is 24.1 Å². The molecule has 0 saturated carbocycles. The number of fused-ring (bicyclic) bond motifs is 2. The van der Waals surface area contributed by atoms with Gasteiger partial charge in [-0.05, 0) is 59.3 Å². The zero-order valence-electron chi connectivity index (χ0n) is 29.5. The summed E-state index contributed by atoms with van der Waals surface area (Å²) in [5.41, 5.74) is 3.13. The van der Waals surface area contributed by atoms with Crippen molar-refractivity contribution in [2.75, 3.05) is 42.8 Å². The monoisotopic (exact) mass is 755 g/mol. The number of anilines is 2. The number of rotatable bonds is 13. The third kappa shape index (κ3) is 7.21. The van der Waals surface area contributed by atoms with E-state index in [-0.39, 0.29) is 72.8 Å². The Morgan fingerprint density at radius 3 is 2.52 bits per heavy atom. The van der Waals surface area contributed by atoms with Crippen LogP contribution in [0.3, 0.4) is 0 Å². The first-order valence-electron chi connectivity index (χ1n) is 17.4. The zero-order valence-corrected chi connectivity index (χ0v) is 30.4. The molecular formula is C38H38FN7O7S. The minimum atomic E-state index is -1.98.